The molecule has 1 aliphatic carbocycles. The van der Waals surface area contributed by atoms with Gasteiger partial charge in [0, 0.05) is 11.6 Å². The number of amides is 1. The number of benzene rings is 1. The Morgan fingerprint density at radius 1 is 1.24 bits per heavy atom. The van der Waals surface area contributed by atoms with Crippen molar-refractivity contribution < 1.29 is 19.1 Å². The van der Waals surface area contributed by atoms with E-state index in [9.17, 15) is 19.1 Å². The zero-order valence-electron chi connectivity index (χ0n) is 12.1. The molecule has 1 aliphatic rings. The van der Waals surface area contributed by atoms with E-state index in [1.54, 1.807) is 6.92 Å². The minimum Gasteiger partial charge on any atom is -0.481 e. The van der Waals surface area contributed by atoms with Crippen molar-refractivity contribution in [3.05, 3.63) is 35.1 Å². The third-order valence-electron chi connectivity index (χ3n) is 4.08. The van der Waals surface area contributed by atoms with Crippen LogP contribution in [0.5, 0.6) is 0 Å². The van der Waals surface area contributed by atoms with Crippen LogP contribution in [0.15, 0.2) is 18.2 Å². The highest BCUT2D eigenvalue weighted by molar-refractivity contribution is 5.96. The summed E-state index contributed by atoms with van der Waals surface area (Å²) in [4.78, 5) is 23.6. The van der Waals surface area contributed by atoms with Gasteiger partial charge >= 0.3 is 5.97 Å². The number of carbonyl (C=O) groups is 2. The zero-order valence-corrected chi connectivity index (χ0v) is 12.1. The fourth-order valence-electron chi connectivity index (χ4n) is 2.90. The molecule has 0 bridgehead atoms. The van der Waals surface area contributed by atoms with Gasteiger partial charge in [-0.15, -0.1) is 0 Å². The summed E-state index contributed by atoms with van der Waals surface area (Å²) in [5.74, 6) is -2.12. The topological polar surface area (TPSA) is 66.4 Å². The summed E-state index contributed by atoms with van der Waals surface area (Å²) in [5, 5.41) is 12.1. The Kier molecular flexibility index (Phi) is 4.94. The molecule has 0 aromatic heterocycles. The number of carbonyl (C=O) groups excluding carboxylic acids is 1. The molecule has 1 saturated carbocycles. The zero-order chi connectivity index (χ0) is 15.4. The van der Waals surface area contributed by atoms with Crippen molar-refractivity contribution in [2.75, 3.05) is 0 Å². The van der Waals surface area contributed by atoms with E-state index in [1.165, 1.54) is 18.2 Å². The molecule has 4 nitrogen and oxygen atoms in total. The van der Waals surface area contributed by atoms with Crippen LogP contribution in [-0.2, 0) is 4.79 Å². The van der Waals surface area contributed by atoms with Gasteiger partial charge in [-0.2, -0.15) is 0 Å². The Labute approximate surface area is 123 Å². The number of nitrogens with one attached hydrogen (secondary N) is 1. The van der Waals surface area contributed by atoms with Gasteiger partial charge in [-0.1, -0.05) is 19.3 Å². The van der Waals surface area contributed by atoms with Crippen LogP contribution in [0, 0.1) is 18.7 Å². The van der Waals surface area contributed by atoms with Crippen LogP contribution in [0.25, 0.3) is 0 Å². The molecule has 1 fully saturated rings. The van der Waals surface area contributed by atoms with Gasteiger partial charge in [-0.25, -0.2) is 4.39 Å². The molecule has 0 heterocycles. The maximum atomic E-state index is 13.1. The largest absolute Gasteiger partial charge is 0.481 e. The highest BCUT2D eigenvalue weighted by atomic mass is 19.1. The predicted octanol–water partition coefficient (Wildman–Crippen LogP) is 2.90. The van der Waals surface area contributed by atoms with E-state index in [-0.39, 0.29) is 17.8 Å². The van der Waals surface area contributed by atoms with Gasteiger partial charge in [-0.3, -0.25) is 9.59 Å². The van der Waals surface area contributed by atoms with Gasteiger partial charge in [-0.05, 0) is 43.5 Å². The number of hydrogen-bond acceptors (Lipinski definition) is 2. The van der Waals surface area contributed by atoms with E-state index in [0.29, 0.717) is 24.0 Å². The molecule has 2 atom stereocenters. The van der Waals surface area contributed by atoms with Gasteiger partial charge in [0.2, 0.25) is 0 Å². The second-order valence-electron chi connectivity index (χ2n) is 5.62. The van der Waals surface area contributed by atoms with E-state index in [0.717, 1.165) is 19.3 Å². The molecule has 5 heteroatoms. The summed E-state index contributed by atoms with van der Waals surface area (Å²) < 4.78 is 13.1. The van der Waals surface area contributed by atoms with Gasteiger partial charge in [0.05, 0.1) is 5.92 Å². The molecule has 0 unspecified atom stereocenters. The summed E-state index contributed by atoms with van der Waals surface area (Å²) in [6, 6.07) is 3.62. The molecule has 1 amide bonds. The molecule has 0 spiro atoms. The molecule has 0 aliphatic heterocycles. The normalized spacial score (nSPS) is 22.4. The lowest BCUT2D eigenvalue weighted by Crippen LogP contribution is -2.43. The van der Waals surface area contributed by atoms with Crippen LogP contribution in [0.3, 0.4) is 0 Å². The molecule has 0 saturated heterocycles. The Hall–Kier alpha value is -1.91. The molecule has 1 aromatic rings. The quantitative estimate of drug-likeness (QED) is 0.842. The number of carboxylic acids is 1. The van der Waals surface area contributed by atoms with Crippen molar-refractivity contribution in [3.63, 3.8) is 0 Å². The highest BCUT2D eigenvalue weighted by Crippen LogP contribution is 2.24. The number of hydrogen-bond donors (Lipinski definition) is 2. The number of rotatable bonds is 3. The van der Waals surface area contributed by atoms with Crippen LogP contribution >= 0.6 is 0 Å². The van der Waals surface area contributed by atoms with Crippen molar-refractivity contribution in [1.29, 1.82) is 0 Å². The van der Waals surface area contributed by atoms with Crippen LogP contribution in [-0.4, -0.2) is 23.0 Å². The average molecular weight is 293 g/mol. The third-order valence-corrected chi connectivity index (χ3v) is 4.08. The van der Waals surface area contributed by atoms with Gasteiger partial charge in [0.1, 0.15) is 5.82 Å². The lowest BCUT2D eigenvalue weighted by molar-refractivity contribution is -0.142. The molecule has 1 aromatic carbocycles. The molecule has 114 valence electrons. The van der Waals surface area contributed by atoms with Crippen LogP contribution in [0.2, 0.25) is 0 Å². The number of aryl methyl sites for hydroxylation is 1. The van der Waals surface area contributed by atoms with Crippen molar-refractivity contribution >= 4 is 11.9 Å². The Balaban J connectivity index is 2.14. The van der Waals surface area contributed by atoms with E-state index >= 15 is 0 Å². The van der Waals surface area contributed by atoms with E-state index in [2.05, 4.69) is 5.32 Å². The summed E-state index contributed by atoms with van der Waals surface area (Å²) in [5.41, 5.74) is 0.942. The van der Waals surface area contributed by atoms with E-state index in [1.807, 2.05) is 0 Å². The molecule has 2 rings (SSSR count). The molecule has 21 heavy (non-hydrogen) atoms. The first-order valence-corrected chi connectivity index (χ1v) is 7.29. The van der Waals surface area contributed by atoms with E-state index < -0.39 is 11.9 Å². The fourth-order valence-corrected chi connectivity index (χ4v) is 2.90. The number of carboxylic acid groups (broad SMARTS) is 1. The maximum absolute atomic E-state index is 13.1. The van der Waals surface area contributed by atoms with Crippen LogP contribution in [0.4, 0.5) is 4.39 Å². The molecule has 0 radical (unpaired) electrons. The number of aliphatic carboxylic acids is 1. The summed E-state index contributed by atoms with van der Waals surface area (Å²) in [6.45, 7) is 1.67. The summed E-state index contributed by atoms with van der Waals surface area (Å²) in [6.07, 6.45) is 4.04. The second-order valence-corrected chi connectivity index (χ2v) is 5.62. The number of halogens is 1. The average Bonchev–Trinajstić information content (AvgIpc) is 2.63. The first kappa shape index (κ1) is 15.5. The SMILES string of the molecule is Cc1cc(F)ccc1C(=O)N[C@H]1CCCCC[C@H]1C(=O)O. The summed E-state index contributed by atoms with van der Waals surface area (Å²) in [7, 11) is 0. The Bertz CT molecular complexity index is 544. The van der Waals surface area contributed by atoms with Crippen molar-refractivity contribution in [2.24, 2.45) is 5.92 Å². The van der Waals surface area contributed by atoms with Crippen LogP contribution < -0.4 is 5.32 Å². The van der Waals surface area contributed by atoms with Gasteiger partial charge in [0.25, 0.3) is 5.91 Å². The third kappa shape index (κ3) is 3.80. The predicted molar refractivity (Wildman–Crippen MR) is 76.6 cm³/mol. The van der Waals surface area contributed by atoms with Crippen molar-refractivity contribution in [2.45, 2.75) is 45.1 Å². The van der Waals surface area contributed by atoms with E-state index in [4.69, 9.17) is 0 Å². The fraction of sp³-hybridized carbons (Fsp3) is 0.500. The first-order chi connectivity index (χ1) is 9.99. The van der Waals surface area contributed by atoms with Gasteiger partial charge < -0.3 is 10.4 Å². The monoisotopic (exact) mass is 293 g/mol. The van der Waals surface area contributed by atoms with Crippen molar-refractivity contribution in [1.82, 2.24) is 5.32 Å². The Morgan fingerprint density at radius 2 is 1.95 bits per heavy atom. The Morgan fingerprint density at radius 3 is 2.62 bits per heavy atom. The lowest BCUT2D eigenvalue weighted by Gasteiger charge is -2.23. The van der Waals surface area contributed by atoms with Crippen LogP contribution in [0.1, 0.15) is 48.0 Å². The molecular formula is C16H20FNO3. The lowest BCUT2D eigenvalue weighted by atomic mass is 9.94. The van der Waals surface area contributed by atoms with Gasteiger partial charge in [0.15, 0.2) is 0 Å². The van der Waals surface area contributed by atoms with Crippen molar-refractivity contribution in [3.8, 4) is 0 Å². The molecular weight excluding hydrogens is 273 g/mol. The summed E-state index contributed by atoms with van der Waals surface area (Å²) >= 11 is 0. The second kappa shape index (κ2) is 6.70. The highest BCUT2D eigenvalue weighted by Gasteiger charge is 2.31. The first-order valence-electron chi connectivity index (χ1n) is 7.29. The molecule has 2 N–H and O–H groups in total. The minimum absolute atomic E-state index is 0.328. The maximum Gasteiger partial charge on any atom is 0.308 e. The standard InChI is InChI=1S/C16H20FNO3/c1-10-9-11(17)7-8-12(10)15(19)18-14-6-4-2-3-5-13(14)16(20)21/h7-9,13-14H,2-6H2,1H3,(H,18,19)(H,20,21)/t13-,14+/m1/s1. The minimum atomic E-state index is -0.863. The smallest absolute Gasteiger partial charge is 0.308 e.